The number of thiocarbonyl (C=S) groups is 1. The number of carbonyl (C=O) groups is 1. The lowest BCUT2D eigenvalue weighted by molar-refractivity contribution is -0.113. The highest BCUT2D eigenvalue weighted by Gasteiger charge is 2.34. The van der Waals surface area contributed by atoms with Gasteiger partial charge in [-0.05, 0) is 49.8 Å². The Morgan fingerprint density at radius 3 is 2.76 bits per heavy atom. The second-order valence-electron chi connectivity index (χ2n) is 5.42. The second-order valence-corrected chi connectivity index (χ2v) is 8.01. The number of hydrogen-bond donors (Lipinski definition) is 0. The average molecular weight is 434 g/mol. The van der Waals surface area contributed by atoms with Crippen molar-refractivity contribution in [2.75, 3.05) is 11.5 Å². The third-order valence-electron chi connectivity index (χ3n) is 3.71. The minimum Gasteiger partial charge on any atom is -0.493 e. The summed E-state index contributed by atoms with van der Waals surface area (Å²) >= 11 is 10.2. The van der Waals surface area contributed by atoms with Crippen LogP contribution in [0.15, 0.2) is 51.8 Å². The molecule has 0 atom stereocenters. The molecule has 3 rings (SSSR count). The van der Waals surface area contributed by atoms with Gasteiger partial charge in [-0.25, -0.2) is 0 Å². The molecule has 1 aliphatic heterocycles. The van der Waals surface area contributed by atoms with Crippen LogP contribution in [0.3, 0.4) is 0 Å². The first-order valence-electron chi connectivity index (χ1n) is 7.77. The Bertz CT molecular complexity index is 879. The van der Waals surface area contributed by atoms with Gasteiger partial charge in [0.2, 0.25) is 0 Å². The van der Waals surface area contributed by atoms with Crippen molar-refractivity contribution in [2.45, 2.75) is 13.8 Å². The molecule has 0 aliphatic carbocycles. The van der Waals surface area contributed by atoms with E-state index in [1.165, 1.54) is 11.8 Å². The molecule has 128 valence electrons. The lowest BCUT2D eigenvalue weighted by atomic mass is 10.1. The zero-order chi connectivity index (χ0) is 18.0. The van der Waals surface area contributed by atoms with Crippen molar-refractivity contribution >= 4 is 61.9 Å². The molecule has 6 heteroatoms. The van der Waals surface area contributed by atoms with E-state index in [1.54, 1.807) is 4.90 Å². The number of benzene rings is 2. The predicted molar refractivity (Wildman–Crippen MR) is 112 cm³/mol. The van der Waals surface area contributed by atoms with Gasteiger partial charge in [0.25, 0.3) is 5.91 Å². The molecule has 1 fully saturated rings. The standard InChI is InChI=1S/C19H16BrNO2S2/c1-3-23-16-9-8-14(20)10-13(16)11-17-18(22)21(19(24)25-17)15-7-5-4-6-12(15)2/h4-11H,3H2,1-2H3/b17-11+. The molecule has 0 N–H and O–H groups in total. The van der Waals surface area contributed by atoms with Crippen LogP contribution in [0.25, 0.3) is 6.08 Å². The second kappa shape index (κ2) is 7.72. The molecule has 1 amide bonds. The van der Waals surface area contributed by atoms with Crippen molar-refractivity contribution < 1.29 is 9.53 Å². The third kappa shape index (κ3) is 3.81. The summed E-state index contributed by atoms with van der Waals surface area (Å²) in [6.07, 6.45) is 1.84. The van der Waals surface area contributed by atoms with E-state index in [-0.39, 0.29) is 5.91 Å². The Morgan fingerprint density at radius 2 is 2.04 bits per heavy atom. The van der Waals surface area contributed by atoms with Gasteiger partial charge in [-0.3, -0.25) is 9.69 Å². The number of carbonyl (C=O) groups excluding carboxylic acids is 1. The summed E-state index contributed by atoms with van der Waals surface area (Å²) in [6, 6.07) is 13.5. The van der Waals surface area contributed by atoms with Crippen molar-refractivity contribution in [3.8, 4) is 5.75 Å². The van der Waals surface area contributed by atoms with Crippen LogP contribution in [0.1, 0.15) is 18.1 Å². The van der Waals surface area contributed by atoms with Crippen LogP contribution < -0.4 is 9.64 Å². The van der Waals surface area contributed by atoms with E-state index < -0.39 is 0 Å². The predicted octanol–water partition coefficient (Wildman–Crippen LogP) is 5.56. The zero-order valence-electron chi connectivity index (χ0n) is 13.8. The first kappa shape index (κ1) is 18.2. The number of hydrogen-bond acceptors (Lipinski definition) is 4. The molecule has 0 aromatic heterocycles. The van der Waals surface area contributed by atoms with Gasteiger partial charge in [0.1, 0.15) is 5.75 Å². The highest BCUT2D eigenvalue weighted by Crippen LogP contribution is 2.38. The van der Waals surface area contributed by atoms with Crippen LogP contribution in [-0.2, 0) is 4.79 Å². The molecule has 0 saturated carbocycles. The van der Waals surface area contributed by atoms with Gasteiger partial charge in [-0.1, -0.05) is 58.1 Å². The molecule has 0 spiro atoms. The Balaban J connectivity index is 1.99. The number of halogens is 1. The van der Waals surface area contributed by atoms with Crippen molar-refractivity contribution in [2.24, 2.45) is 0 Å². The van der Waals surface area contributed by atoms with E-state index in [1.807, 2.05) is 62.4 Å². The Kier molecular flexibility index (Phi) is 5.61. The smallest absolute Gasteiger partial charge is 0.270 e. The molecule has 3 nitrogen and oxygen atoms in total. The molecule has 1 saturated heterocycles. The fourth-order valence-corrected chi connectivity index (χ4v) is 4.20. The van der Waals surface area contributed by atoms with E-state index in [2.05, 4.69) is 15.9 Å². The van der Waals surface area contributed by atoms with Crippen LogP contribution in [-0.4, -0.2) is 16.8 Å². The van der Waals surface area contributed by atoms with Gasteiger partial charge in [0.15, 0.2) is 4.32 Å². The largest absolute Gasteiger partial charge is 0.493 e. The topological polar surface area (TPSA) is 29.5 Å². The van der Waals surface area contributed by atoms with E-state index in [0.29, 0.717) is 15.8 Å². The minimum atomic E-state index is -0.105. The van der Waals surface area contributed by atoms with Crippen molar-refractivity contribution in [3.05, 3.63) is 63.0 Å². The normalized spacial score (nSPS) is 16.0. The zero-order valence-corrected chi connectivity index (χ0v) is 17.0. The molecule has 1 aliphatic rings. The molecule has 2 aromatic carbocycles. The summed E-state index contributed by atoms with van der Waals surface area (Å²) in [5, 5.41) is 0. The Hall–Kier alpha value is -1.63. The SMILES string of the molecule is CCOc1ccc(Br)cc1/C=C1/SC(=S)N(c2ccccc2C)C1=O. The van der Waals surface area contributed by atoms with Crippen LogP contribution in [0, 0.1) is 6.92 Å². The number of anilines is 1. The van der Waals surface area contributed by atoms with Crippen LogP contribution in [0.2, 0.25) is 0 Å². The van der Waals surface area contributed by atoms with Crippen LogP contribution >= 0.6 is 39.9 Å². The van der Waals surface area contributed by atoms with E-state index in [4.69, 9.17) is 17.0 Å². The number of nitrogens with zero attached hydrogens (tertiary/aromatic N) is 1. The maximum atomic E-state index is 12.9. The average Bonchev–Trinajstić information content (AvgIpc) is 2.85. The van der Waals surface area contributed by atoms with Crippen molar-refractivity contribution in [1.29, 1.82) is 0 Å². The molecule has 0 unspecified atom stereocenters. The van der Waals surface area contributed by atoms with Crippen molar-refractivity contribution in [3.63, 3.8) is 0 Å². The third-order valence-corrected chi connectivity index (χ3v) is 5.50. The quantitative estimate of drug-likeness (QED) is 0.465. The summed E-state index contributed by atoms with van der Waals surface area (Å²) < 4.78 is 7.13. The lowest BCUT2D eigenvalue weighted by Gasteiger charge is -2.16. The fraction of sp³-hybridized carbons (Fsp3) is 0.158. The molecule has 1 heterocycles. The highest BCUT2D eigenvalue weighted by molar-refractivity contribution is 9.10. The number of aryl methyl sites for hydroxylation is 1. The summed E-state index contributed by atoms with van der Waals surface area (Å²) in [6.45, 7) is 4.47. The number of thioether (sulfide) groups is 1. The van der Waals surface area contributed by atoms with Gasteiger partial charge in [0, 0.05) is 10.0 Å². The van der Waals surface area contributed by atoms with E-state index in [0.717, 1.165) is 27.0 Å². The molecular weight excluding hydrogens is 418 g/mol. The van der Waals surface area contributed by atoms with Gasteiger partial charge >= 0.3 is 0 Å². The summed E-state index contributed by atoms with van der Waals surface area (Å²) in [5.41, 5.74) is 2.69. The lowest BCUT2D eigenvalue weighted by Crippen LogP contribution is -2.28. The first-order valence-corrected chi connectivity index (χ1v) is 9.79. The van der Waals surface area contributed by atoms with E-state index >= 15 is 0 Å². The van der Waals surface area contributed by atoms with Gasteiger partial charge in [-0.2, -0.15) is 0 Å². The van der Waals surface area contributed by atoms with Crippen LogP contribution in [0.4, 0.5) is 5.69 Å². The molecular formula is C19H16BrNO2S2. The van der Waals surface area contributed by atoms with Gasteiger partial charge in [0.05, 0.1) is 17.2 Å². The number of para-hydroxylation sites is 1. The maximum absolute atomic E-state index is 12.9. The highest BCUT2D eigenvalue weighted by atomic mass is 79.9. The maximum Gasteiger partial charge on any atom is 0.270 e. The van der Waals surface area contributed by atoms with Gasteiger partial charge in [-0.15, -0.1) is 0 Å². The number of rotatable bonds is 4. The summed E-state index contributed by atoms with van der Waals surface area (Å²) in [4.78, 5) is 15.1. The Labute approximate surface area is 165 Å². The summed E-state index contributed by atoms with van der Waals surface area (Å²) in [5.74, 6) is 0.638. The molecule has 0 bridgehead atoms. The van der Waals surface area contributed by atoms with Crippen molar-refractivity contribution in [1.82, 2.24) is 0 Å². The fourth-order valence-electron chi connectivity index (χ4n) is 2.55. The van der Waals surface area contributed by atoms with Gasteiger partial charge < -0.3 is 4.74 Å². The minimum absolute atomic E-state index is 0.105. The van der Waals surface area contributed by atoms with E-state index in [9.17, 15) is 4.79 Å². The molecule has 25 heavy (non-hydrogen) atoms. The molecule has 0 radical (unpaired) electrons. The Morgan fingerprint density at radius 1 is 1.28 bits per heavy atom. The van der Waals surface area contributed by atoms with Crippen LogP contribution in [0.5, 0.6) is 5.75 Å². The monoisotopic (exact) mass is 433 g/mol. The number of ether oxygens (including phenoxy) is 1. The number of amides is 1. The first-order chi connectivity index (χ1) is 12.0. The summed E-state index contributed by atoms with van der Waals surface area (Å²) in [7, 11) is 0. The molecule has 2 aromatic rings.